The van der Waals surface area contributed by atoms with Crippen LogP contribution in [0.1, 0.15) is 16.7 Å². The molecule has 1 fully saturated rings. The third-order valence-corrected chi connectivity index (χ3v) is 5.26. The number of methoxy groups -OCH3 is 1. The summed E-state index contributed by atoms with van der Waals surface area (Å²) in [5, 5.41) is 4.03. The van der Waals surface area contributed by atoms with Gasteiger partial charge >= 0.3 is 5.97 Å². The second-order valence-corrected chi connectivity index (χ2v) is 7.02. The van der Waals surface area contributed by atoms with Crippen LogP contribution in [0, 0.1) is 19.8 Å². The first-order valence-corrected chi connectivity index (χ1v) is 8.85. The highest BCUT2D eigenvalue weighted by atomic mass is 16.5. The predicted octanol–water partition coefficient (Wildman–Crippen LogP) is 1.82. The highest BCUT2D eigenvalue weighted by Crippen LogP contribution is 2.45. The molecule has 0 unspecified atom stereocenters. The summed E-state index contributed by atoms with van der Waals surface area (Å²) in [5.74, 6) is -2.82. The first kappa shape index (κ1) is 17.9. The fourth-order valence-corrected chi connectivity index (χ4v) is 3.74. The molecule has 2 aromatic carbocycles. The third kappa shape index (κ3) is 2.36. The van der Waals surface area contributed by atoms with Crippen molar-refractivity contribution < 1.29 is 19.1 Å². The van der Waals surface area contributed by atoms with Gasteiger partial charge in [-0.15, -0.1) is 0 Å². The van der Waals surface area contributed by atoms with Gasteiger partial charge in [0.25, 0.3) is 5.91 Å². The monoisotopic (exact) mass is 377 g/mol. The van der Waals surface area contributed by atoms with Gasteiger partial charge in [0.15, 0.2) is 11.3 Å². The molecule has 0 radical (unpaired) electrons. The normalized spacial score (nSPS) is 23.3. The maximum absolute atomic E-state index is 13.6. The lowest BCUT2D eigenvalue weighted by molar-refractivity contribution is -0.133. The van der Waals surface area contributed by atoms with E-state index < -0.39 is 29.2 Å². The van der Waals surface area contributed by atoms with E-state index >= 15 is 0 Å². The standard InChI is InChI=1S/C21H19N3O4/c1-12-4-8-14(9-5-12)21-16(17(22-23-21)19(26)28-3)18(25)24(20(21)27)15-10-6-13(2)7-11-15/h4-11,16,23H,1-3H3/t16-,21-/m0/s1. The molecule has 0 spiro atoms. The molecule has 0 bridgehead atoms. The van der Waals surface area contributed by atoms with E-state index in [9.17, 15) is 14.4 Å². The van der Waals surface area contributed by atoms with Gasteiger partial charge in [0.05, 0.1) is 12.8 Å². The minimum Gasteiger partial charge on any atom is -0.464 e. The molecule has 2 aliphatic rings. The summed E-state index contributed by atoms with van der Waals surface area (Å²) in [5.41, 5.74) is 4.26. The molecule has 142 valence electrons. The summed E-state index contributed by atoms with van der Waals surface area (Å²) in [6.07, 6.45) is 0. The number of ether oxygens (including phenoxy) is 1. The number of anilines is 1. The van der Waals surface area contributed by atoms with Gasteiger partial charge in [0.2, 0.25) is 5.91 Å². The number of carbonyl (C=O) groups is 3. The Kier molecular flexibility index (Phi) is 4.03. The number of imide groups is 1. The van der Waals surface area contributed by atoms with Crippen LogP contribution >= 0.6 is 0 Å². The SMILES string of the molecule is COC(=O)C1=NN[C@]2(c3ccc(C)cc3)C(=O)N(c3ccc(C)cc3)C(=O)[C@H]12. The fraction of sp³-hybridized carbons (Fsp3) is 0.238. The van der Waals surface area contributed by atoms with E-state index in [-0.39, 0.29) is 5.71 Å². The zero-order valence-corrected chi connectivity index (χ0v) is 15.7. The van der Waals surface area contributed by atoms with E-state index in [0.29, 0.717) is 11.3 Å². The smallest absolute Gasteiger partial charge is 0.355 e. The van der Waals surface area contributed by atoms with Crippen LogP contribution in [0.3, 0.4) is 0 Å². The van der Waals surface area contributed by atoms with Gasteiger partial charge in [-0.05, 0) is 31.5 Å². The molecule has 7 nitrogen and oxygen atoms in total. The predicted molar refractivity (Wildman–Crippen MR) is 103 cm³/mol. The third-order valence-electron chi connectivity index (χ3n) is 5.26. The molecule has 1 N–H and O–H groups in total. The van der Waals surface area contributed by atoms with Crippen LogP contribution in [-0.2, 0) is 24.7 Å². The number of fused-ring (bicyclic) bond motifs is 1. The van der Waals surface area contributed by atoms with Gasteiger partial charge in [-0.2, -0.15) is 5.10 Å². The number of carbonyl (C=O) groups excluding carboxylic acids is 3. The van der Waals surface area contributed by atoms with Crippen molar-refractivity contribution >= 4 is 29.2 Å². The molecule has 0 aliphatic carbocycles. The molecule has 0 aromatic heterocycles. The minimum absolute atomic E-state index is 0.101. The topological polar surface area (TPSA) is 88.1 Å². The van der Waals surface area contributed by atoms with E-state index in [1.54, 1.807) is 24.3 Å². The molecule has 1 saturated heterocycles. The van der Waals surface area contributed by atoms with Crippen molar-refractivity contribution in [3.8, 4) is 0 Å². The van der Waals surface area contributed by atoms with Crippen LogP contribution in [0.4, 0.5) is 5.69 Å². The number of hydrogen-bond acceptors (Lipinski definition) is 6. The average Bonchev–Trinajstić information content (AvgIpc) is 3.19. The maximum Gasteiger partial charge on any atom is 0.355 e. The average molecular weight is 377 g/mol. The second kappa shape index (κ2) is 6.30. The van der Waals surface area contributed by atoms with Crippen molar-refractivity contribution in [2.24, 2.45) is 11.0 Å². The van der Waals surface area contributed by atoms with E-state index in [1.165, 1.54) is 7.11 Å². The summed E-state index contributed by atoms with van der Waals surface area (Å²) >= 11 is 0. The Morgan fingerprint density at radius 2 is 1.61 bits per heavy atom. The van der Waals surface area contributed by atoms with Gasteiger partial charge < -0.3 is 4.74 Å². The molecule has 2 aliphatic heterocycles. The Hall–Kier alpha value is -3.48. The van der Waals surface area contributed by atoms with E-state index in [0.717, 1.165) is 16.0 Å². The molecular weight excluding hydrogens is 358 g/mol. The number of rotatable bonds is 3. The number of aryl methyl sites for hydroxylation is 2. The molecule has 2 aromatic rings. The Bertz CT molecular complexity index is 1010. The van der Waals surface area contributed by atoms with Crippen LogP contribution in [0.2, 0.25) is 0 Å². The number of hydrazone groups is 1. The molecule has 28 heavy (non-hydrogen) atoms. The Morgan fingerprint density at radius 1 is 1.04 bits per heavy atom. The number of esters is 1. The number of nitrogens with one attached hydrogen (secondary N) is 1. The van der Waals surface area contributed by atoms with Crippen LogP contribution in [0.25, 0.3) is 0 Å². The zero-order chi connectivity index (χ0) is 20.1. The first-order chi connectivity index (χ1) is 13.4. The lowest BCUT2D eigenvalue weighted by Crippen LogP contribution is -2.48. The van der Waals surface area contributed by atoms with Crippen LogP contribution < -0.4 is 10.3 Å². The van der Waals surface area contributed by atoms with Crippen molar-refractivity contribution in [2.45, 2.75) is 19.4 Å². The summed E-state index contributed by atoms with van der Waals surface area (Å²) in [6, 6.07) is 14.3. The molecule has 2 atom stereocenters. The van der Waals surface area contributed by atoms with Crippen molar-refractivity contribution in [1.82, 2.24) is 5.43 Å². The van der Waals surface area contributed by atoms with Crippen LogP contribution in [-0.4, -0.2) is 30.6 Å². The van der Waals surface area contributed by atoms with Crippen molar-refractivity contribution in [3.05, 3.63) is 65.2 Å². The Morgan fingerprint density at radius 3 is 2.18 bits per heavy atom. The fourth-order valence-electron chi connectivity index (χ4n) is 3.74. The molecular formula is C21H19N3O4. The number of benzene rings is 2. The van der Waals surface area contributed by atoms with Gasteiger partial charge in [0.1, 0.15) is 5.92 Å². The number of amides is 2. The molecule has 7 heteroatoms. The first-order valence-electron chi connectivity index (χ1n) is 8.85. The number of nitrogens with zero attached hydrogens (tertiary/aromatic N) is 2. The van der Waals surface area contributed by atoms with Gasteiger partial charge in [-0.1, -0.05) is 47.5 Å². The quantitative estimate of drug-likeness (QED) is 0.651. The van der Waals surface area contributed by atoms with Crippen LogP contribution in [0.15, 0.2) is 53.6 Å². The van der Waals surface area contributed by atoms with Crippen molar-refractivity contribution in [3.63, 3.8) is 0 Å². The second-order valence-electron chi connectivity index (χ2n) is 7.02. The lowest BCUT2D eigenvalue weighted by Gasteiger charge is -2.26. The highest BCUT2D eigenvalue weighted by molar-refractivity contribution is 6.47. The molecule has 2 heterocycles. The Balaban J connectivity index is 1.88. The van der Waals surface area contributed by atoms with Crippen molar-refractivity contribution in [1.29, 1.82) is 0 Å². The molecule has 2 amide bonds. The summed E-state index contributed by atoms with van der Waals surface area (Å²) in [6.45, 7) is 3.85. The van der Waals surface area contributed by atoms with Crippen LogP contribution in [0.5, 0.6) is 0 Å². The largest absolute Gasteiger partial charge is 0.464 e. The molecule has 4 rings (SSSR count). The summed E-state index contributed by atoms with van der Waals surface area (Å²) < 4.78 is 4.79. The maximum atomic E-state index is 13.6. The summed E-state index contributed by atoms with van der Waals surface area (Å²) in [7, 11) is 1.22. The lowest BCUT2D eigenvalue weighted by atomic mass is 9.78. The minimum atomic E-state index is -1.47. The Labute approximate surface area is 162 Å². The van der Waals surface area contributed by atoms with E-state index in [1.807, 2.05) is 38.1 Å². The van der Waals surface area contributed by atoms with E-state index in [2.05, 4.69) is 10.5 Å². The highest BCUT2D eigenvalue weighted by Gasteiger charge is 2.67. The number of hydrogen-bond donors (Lipinski definition) is 1. The summed E-state index contributed by atoms with van der Waals surface area (Å²) in [4.78, 5) is 40.3. The van der Waals surface area contributed by atoms with E-state index in [4.69, 9.17) is 4.74 Å². The molecule has 0 saturated carbocycles. The van der Waals surface area contributed by atoms with Gasteiger partial charge in [-0.3, -0.25) is 15.0 Å². The van der Waals surface area contributed by atoms with Gasteiger partial charge in [-0.25, -0.2) is 9.69 Å². The van der Waals surface area contributed by atoms with Gasteiger partial charge in [0, 0.05) is 0 Å². The van der Waals surface area contributed by atoms with Crippen molar-refractivity contribution in [2.75, 3.05) is 12.0 Å². The zero-order valence-electron chi connectivity index (χ0n) is 15.7.